The molecule has 1 aromatic rings. The predicted molar refractivity (Wildman–Crippen MR) is 64.9 cm³/mol. The van der Waals surface area contributed by atoms with Crippen molar-refractivity contribution < 1.29 is 9.90 Å². The van der Waals surface area contributed by atoms with Crippen molar-refractivity contribution in [1.29, 1.82) is 0 Å². The summed E-state index contributed by atoms with van der Waals surface area (Å²) in [7, 11) is 0. The first-order valence-corrected chi connectivity index (χ1v) is 5.28. The number of aryl methyl sites for hydroxylation is 1. The number of benzene rings is 1. The second-order valence-electron chi connectivity index (χ2n) is 3.78. The summed E-state index contributed by atoms with van der Waals surface area (Å²) in [5, 5.41) is 11.4. The summed E-state index contributed by atoms with van der Waals surface area (Å²) in [6.45, 7) is 3.69. The molecule has 1 atom stereocenters. The van der Waals surface area contributed by atoms with Crippen LogP contribution in [-0.2, 0) is 4.79 Å². The van der Waals surface area contributed by atoms with Crippen LogP contribution in [0.2, 0.25) is 0 Å². The van der Waals surface area contributed by atoms with Gasteiger partial charge in [0, 0.05) is 12.1 Å². The predicted octanol–water partition coefficient (Wildman–Crippen LogP) is 1.51. The van der Waals surface area contributed by atoms with E-state index in [-0.39, 0.29) is 18.6 Å². The first kappa shape index (κ1) is 12.5. The van der Waals surface area contributed by atoms with Crippen molar-refractivity contribution in [3.8, 4) is 0 Å². The Morgan fingerprint density at radius 2 is 2.19 bits per heavy atom. The van der Waals surface area contributed by atoms with Crippen molar-refractivity contribution in [2.24, 2.45) is 0 Å². The molecule has 0 radical (unpaired) electrons. The molecule has 1 unspecified atom stereocenters. The van der Waals surface area contributed by atoms with E-state index in [0.717, 1.165) is 11.1 Å². The smallest absolute Gasteiger partial charge is 0.244 e. The number of hydrogen-bond acceptors (Lipinski definition) is 2. The third-order valence-electron chi connectivity index (χ3n) is 2.27. The summed E-state index contributed by atoms with van der Waals surface area (Å²) in [5.74, 6) is -0.190. The molecule has 0 aliphatic carbocycles. The van der Waals surface area contributed by atoms with Gasteiger partial charge in [0.25, 0.3) is 0 Å². The van der Waals surface area contributed by atoms with Crippen LogP contribution >= 0.6 is 0 Å². The first-order chi connectivity index (χ1) is 7.63. The second-order valence-corrected chi connectivity index (χ2v) is 3.78. The monoisotopic (exact) mass is 219 g/mol. The zero-order valence-corrected chi connectivity index (χ0v) is 9.60. The van der Waals surface area contributed by atoms with Crippen LogP contribution < -0.4 is 5.32 Å². The maximum atomic E-state index is 11.4. The summed E-state index contributed by atoms with van der Waals surface area (Å²) in [6.07, 6.45) is 3.25. The highest BCUT2D eigenvalue weighted by atomic mass is 16.3. The quantitative estimate of drug-likeness (QED) is 0.754. The number of aliphatic hydroxyl groups excluding tert-OH is 1. The normalized spacial score (nSPS) is 12.7. The van der Waals surface area contributed by atoms with Gasteiger partial charge in [-0.1, -0.05) is 24.3 Å². The molecule has 0 heterocycles. The molecule has 0 fully saturated rings. The standard InChI is InChI=1S/C13H17NO2/c1-10-5-3-4-6-12(10)7-8-13(16)14-11(2)9-15/h3-8,11,15H,9H2,1-2H3,(H,14,16). The molecule has 86 valence electrons. The lowest BCUT2D eigenvalue weighted by Gasteiger charge is -2.07. The summed E-state index contributed by atoms with van der Waals surface area (Å²) in [4.78, 5) is 11.4. The van der Waals surface area contributed by atoms with E-state index in [9.17, 15) is 4.79 Å². The van der Waals surface area contributed by atoms with E-state index >= 15 is 0 Å². The summed E-state index contributed by atoms with van der Waals surface area (Å²) < 4.78 is 0. The van der Waals surface area contributed by atoms with Gasteiger partial charge >= 0.3 is 0 Å². The molecule has 0 bridgehead atoms. The van der Waals surface area contributed by atoms with Gasteiger partial charge < -0.3 is 10.4 Å². The van der Waals surface area contributed by atoms with Crippen molar-refractivity contribution in [3.05, 3.63) is 41.5 Å². The van der Waals surface area contributed by atoms with Gasteiger partial charge in [0.05, 0.1) is 6.61 Å². The Labute approximate surface area is 95.8 Å². The third kappa shape index (κ3) is 3.87. The van der Waals surface area contributed by atoms with E-state index in [1.165, 1.54) is 6.08 Å². The number of hydrogen-bond donors (Lipinski definition) is 2. The number of nitrogens with one attached hydrogen (secondary N) is 1. The Balaban J connectivity index is 2.60. The minimum atomic E-state index is -0.214. The summed E-state index contributed by atoms with van der Waals surface area (Å²) >= 11 is 0. The Morgan fingerprint density at radius 3 is 2.81 bits per heavy atom. The minimum Gasteiger partial charge on any atom is -0.394 e. The molecule has 3 nitrogen and oxygen atoms in total. The lowest BCUT2D eigenvalue weighted by molar-refractivity contribution is -0.117. The van der Waals surface area contributed by atoms with Gasteiger partial charge in [-0.15, -0.1) is 0 Å². The van der Waals surface area contributed by atoms with Crippen molar-refractivity contribution in [1.82, 2.24) is 5.32 Å². The SMILES string of the molecule is Cc1ccccc1C=CC(=O)NC(C)CO. The molecule has 0 aromatic heterocycles. The van der Waals surface area contributed by atoms with Gasteiger partial charge in [-0.05, 0) is 31.1 Å². The molecule has 0 aliphatic rings. The van der Waals surface area contributed by atoms with Gasteiger partial charge in [0.1, 0.15) is 0 Å². The molecule has 0 aliphatic heterocycles. The Hall–Kier alpha value is -1.61. The third-order valence-corrected chi connectivity index (χ3v) is 2.27. The number of carbonyl (C=O) groups is 1. The van der Waals surface area contributed by atoms with Crippen LogP contribution in [0, 0.1) is 6.92 Å². The van der Waals surface area contributed by atoms with Crippen LogP contribution in [0.5, 0.6) is 0 Å². The van der Waals surface area contributed by atoms with E-state index in [2.05, 4.69) is 5.32 Å². The van der Waals surface area contributed by atoms with Crippen LogP contribution in [0.15, 0.2) is 30.3 Å². The number of rotatable bonds is 4. The highest BCUT2D eigenvalue weighted by molar-refractivity contribution is 5.92. The Bertz CT molecular complexity index is 385. The van der Waals surface area contributed by atoms with Gasteiger partial charge in [0.2, 0.25) is 5.91 Å². The molecule has 3 heteroatoms. The lowest BCUT2D eigenvalue weighted by Crippen LogP contribution is -2.33. The van der Waals surface area contributed by atoms with Crippen LogP contribution in [0.1, 0.15) is 18.1 Å². The number of aliphatic hydroxyl groups is 1. The molecule has 0 saturated carbocycles. The molecule has 1 aromatic carbocycles. The van der Waals surface area contributed by atoms with Gasteiger partial charge in [0.15, 0.2) is 0 Å². The molecule has 0 spiro atoms. The van der Waals surface area contributed by atoms with Crippen molar-refractivity contribution >= 4 is 12.0 Å². The maximum absolute atomic E-state index is 11.4. The molecular weight excluding hydrogens is 202 g/mol. The summed E-state index contributed by atoms with van der Waals surface area (Å²) in [5.41, 5.74) is 2.15. The number of amides is 1. The largest absolute Gasteiger partial charge is 0.394 e. The highest BCUT2D eigenvalue weighted by Crippen LogP contribution is 2.08. The van der Waals surface area contributed by atoms with E-state index in [0.29, 0.717) is 0 Å². The van der Waals surface area contributed by atoms with Crippen LogP contribution in [-0.4, -0.2) is 23.7 Å². The molecule has 16 heavy (non-hydrogen) atoms. The van der Waals surface area contributed by atoms with Crippen LogP contribution in [0.3, 0.4) is 0 Å². The topological polar surface area (TPSA) is 49.3 Å². The van der Waals surface area contributed by atoms with E-state index in [4.69, 9.17) is 5.11 Å². The van der Waals surface area contributed by atoms with Crippen molar-refractivity contribution in [2.75, 3.05) is 6.61 Å². The fourth-order valence-corrected chi connectivity index (χ4v) is 1.28. The Kier molecular flexibility index (Phi) is 4.73. The number of carbonyl (C=O) groups excluding carboxylic acids is 1. The van der Waals surface area contributed by atoms with Crippen LogP contribution in [0.4, 0.5) is 0 Å². The van der Waals surface area contributed by atoms with E-state index in [1.807, 2.05) is 31.2 Å². The van der Waals surface area contributed by atoms with Crippen LogP contribution in [0.25, 0.3) is 6.08 Å². The van der Waals surface area contributed by atoms with Gasteiger partial charge in [-0.25, -0.2) is 0 Å². The van der Waals surface area contributed by atoms with E-state index < -0.39 is 0 Å². The molecule has 2 N–H and O–H groups in total. The minimum absolute atomic E-state index is 0.0516. The lowest BCUT2D eigenvalue weighted by atomic mass is 10.1. The van der Waals surface area contributed by atoms with Gasteiger partial charge in [-0.3, -0.25) is 4.79 Å². The fraction of sp³-hybridized carbons (Fsp3) is 0.308. The Morgan fingerprint density at radius 1 is 1.50 bits per heavy atom. The maximum Gasteiger partial charge on any atom is 0.244 e. The highest BCUT2D eigenvalue weighted by Gasteiger charge is 2.01. The molecule has 1 rings (SSSR count). The average molecular weight is 219 g/mol. The summed E-state index contributed by atoms with van der Waals surface area (Å²) in [6, 6.07) is 7.62. The van der Waals surface area contributed by atoms with Crippen molar-refractivity contribution in [2.45, 2.75) is 19.9 Å². The van der Waals surface area contributed by atoms with E-state index in [1.54, 1.807) is 13.0 Å². The van der Waals surface area contributed by atoms with Crippen molar-refractivity contribution in [3.63, 3.8) is 0 Å². The average Bonchev–Trinajstić information content (AvgIpc) is 2.28. The zero-order valence-electron chi connectivity index (χ0n) is 9.60. The molecule has 1 amide bonds. The van der Waals surface area contributed by atoms with Gasteiger partial charge in [-0.2, -0.15) is 0 Å². The molecular formula is C13H17NO2. The fourth-order valence-electron chi connectivity index (χ4n) is 1.28. The zero-order chi connectivity index (χ0) is 12.0. The molecule has 0 saturated heterocycles. The first-order valence-electron chi connectivity index (χ1n) is 5.28. The second kappa shape index (κ2) is 6.08.